The van der Waals surface area contributed by atoms with E-state index >= 15 is 4.39 Å². The molecule has 2 heterocycles. The van der Waals surface area contributed by atoms with Crippen LogP contribution in [0.5, 0.6) is 0 Å². The zero-order valence-electron chi connectivity index (χ0n) is 19.7. The molecule has 3 atom stereocenters. The van der Waals surface area contributed by atoms with Crippen molar-refractivity contribution in [1.29, 1.82) is 0 Å². The van der Waals surface area contributed by atoms with Crippen molar-refractivity contribution in [2.24, 2.45) is 0 Å². The Kier molecular flexibility index (Phi) is 7.40. The molecule has 184 valence electrons. The molecule has 0 saturated carbocycles. The van der Waals surface area contributed by atoms with Gasteiger partial charge in [0.25, 0.3) is 0 Å². The van der Waals surface area contributed by atoms with Gasteiger partial charge in [0.05, 0.1) is 10.5 Å². The number of carbonyl (C=O) groups excluding carboxylic acids is 1. The van der Waals surface area contributed by atoms with E-state index in [0.29, 0.717) is 44.7 Å². The summed E-state index contributed by atoms with van der Waals surface area (Å²) in [7, 11) is -3.54. The minimum absolute atomic E-state index is 0.105. The van der Waals surface area contributed by atoms with Gasteiger partial charge in [-0.25, -0.2) is 12.8 Å². The largest absolute Gasteiger partial charge is 0.381 e. The van der Waals surface area contributed by atoms with Gasteiger partial charge in [-0.3, -0.25) is 4.79 Å². The molecule has 2 aromatic rings. The number of benzene rings is 2. The van der Waals surface area contributed by atoms with Crippen molar-refractivity contribution in [2.45, 2.75) is 55.1 Å². The summed E-state index contributed by atoms with van der Waals surface area (Å²) in [6.07, 6.45) is 1.47. The van der Waals surface area contributed by atoms with Crippen molar-refractivity contribution in [3.05, 3.63) is 71.0 Å². The first kappa shape index (κ1) is 24.8. The first-order valence-corrected chi connectivity index (χ1v) is 13.5. The molecule has 0 aromatic heterocycles. The fourth-order valence-corrected chi connectivity index (χ4v) is 7.55. The number of halogens is 1. The van der Waals surface area contributed by atoms with Gasteiger partial charge in [-0.1, -0.05) is 42.5 Å². The summed E-state index contributed by atoms with van der Waals surface area (Å²) in [5, 5.41) is 4.82. The lowest BCUT2D eigenvalue weighted by atomic mass is 9.73. The van der Waals surface area contributed by atoms with Gasteiger partial charge in [0.15, 0.2) is 9.84 Å². The van der Waals surface area contributed by atoms with Crippen molar-refractivity contribution in [3.8, 4) is 0 Å². The number of rotatable bonds is 6. The van der Waals surface area contributed by atoms with Crippen LogP contribution < -0.4 is 10.6 Å². The molecule has 2 saturated heterocycles. The van der Waals surface area contributed by atoms with E-state index in [1.54, 1.807) is 6.07 Å². The lowest BCUT2D eigenvalue weighted by molar-refractivity contribution is -0.119. The fourth-order valence-electron chi connectivity index (χ4n) is 5.19. The zero-order valence-corrected chi connectivity index (χ0v) is 20.5. The Morgan fingerprint density at radius 1 is 1.18 bits per heavy atom. The highest BCUT2D eigenvalue weighted by Crippen LogP contribution is 2.37. The second kappa shape index (κ2) is 10.1. The van der Waals surface area contributed by atoms with Crippen molar-refractivity contribution in [2.75, 3.05) is 26.3 Å². The lowest BCUT2D eigenvalue weighted by Crippen LogP contribution is -2.53. The molecule has 2 fully saturated rings. The molecule has 2 aliphatic heterocycles. The van der Waals surface area contributed by atoms with Crippen molar-refractivity contribution >= 4 is 15.7 Å². The van der Waals surface area contributed by atoms with Crippen LogP contribution in [0.4, 0.5) is 4.39 Å². The summed E-state index contributed by atoms with van der Waals surface area (Å²) < 4.78 is 48.0. The van der Waals surface area contributed by atoms with E-state index in [9.17, 15) is 13.2 Å². The Morgan fingerprint density at radius 3 is 2.53 bits per heavy atom. The third-order valence-electron chi connectivity index (χ3n) is 7.38. The normalized spacial score (nSPS) is 26.0. The highest BCUT2D eigenvalue weighted by atomic mass is 32.2. The van der Waals surface area contributed by atoms with E-state index < -0.39 is 31.6 Å². The standard InChI is InChI=1S/C26H33FN2O4S/c1-18-24(34(31,32)25(16-28-18)20-6-4-3-5-7-20)14-21-8-9-22(15-23(21)27)26(17-29-19(2)30)10-12-33-13-11-26/h3-9,15,18,24-25,28H,10-14,16-17H2,1-2H3,(H,29,30)/t18-,24?,25-/m0/s1. The molecule has 4 rings (SSSR count). The first-order chi connectivity index (χ1) is 16.2. The molecule has 2 N–H and O–H groups in total. The maximum Gasteiger partial charge on any atom is 0.216 e. The maximum absolute atomic E-state index is 15.4. The van der Waals surface area contributed by atoms with Crippen molar-refractivity contribution in [1.82, 2.24) is 10.6 Å². The monoisotopic (exact) mass is 488 g/mol. The molecule has 1 amide bonds. The average molecular weight is 489 g/mol. The minimum Gasteiger partial charge on any atom is -0.381 e. The number of hydrogen-bond acceptors (Lipinski definition) is 5. The Bertz CT molecular complexity index is 1120. The van der Waals surface area contributed by atoms with Crippen molar-refractivity contribution in [3.63, 3.8) is 0 Å². The summed E-state index contributed by atoms with van der Waals surface area (Å²) in [5.41, 5.74) is 1.56. The summed E-state index contributed by atoms with van der Waals surface area (Å²) in [6, 6.07) is 14.0. The molecular formula is C26H33FN2O4S. The molecule has 6 nitrogen and oxygen atoms in total. The number of nitrogens with one attached hydrogen (secondary N) is 2. The number of sulfone groups is 1. The molecule has 34 heavy (non-hydrogen) atoms. The molecule has 0 spiro atoms. The summed E-state index contributed by atoms with van der Waals surface area (Å²) >= 11 is 0. The predicted octanol–water partition coefficient (Wildman–Crippen LogP) is 3.07. The van der Waals surface area contributed by atoms with Gasteiger partial charge >= 0.3 is 0 Å². The van der Waals surface area contributed by atoms with E-state index in [0.717, 1.165) is 11.1 Å². The zero-order chi connectivity index (χ0) is 24.3. The van der Waals surface area contributed by atoms with Crippen LogP contribution in [0.15, 0.2) is 48.5 Å². The summed E-state index contributed by atoms with van der Waals surface area (Å²) in [4.78, 5) is 11.5. The predicted molar refractivity (Wildman–Crippen MR) is 130 cm³/mol. The van der Waals surface area contributed by atoms with Crippen LogP contribution in [-0.2, 0) is 31.2 Å². The Morgan fingerprint density at radius 2 is 1.88 bits per heavy atom. The third kappa shape index (κ3) is 5.04. The number of ether oxygens (including phenoxy) is 1. The maximum atomic E-state index is 15.4. The number of hydrogen-bond donors (Lipinski definition) is 2. The Hall–Kier alpha value is -2.29. The summed E-state index contributed by atoms with van der Waals surface area (Å²) in [5.74, 6) is -0.532. The molecule has 0 radical (unpaired) electrons. The smallest absolute Gasteiger partial charge is 0.216 e. The van der Waals surface area contributed by atoms with Crippen LogP contribution in [0.25, 0.3) is 0 Å². The number of amides is 1. The summed E-state index contributed by atoms with van der Waals surface area (Å²) in [6.45, 7) is 5.18. The highest BCUT2D eigenvalue weighted by molar-refractivity contribution is 7.92. The second-order valence-corrected chi connectivity index (χ2v) is 11.9. The van der Waals surface area contributed by atoms with Gasteiger partial charge in [0.1, 0.15) is 5.82 Å². The van der Waals surface area contributed by atoms with Gasteiger partial charge < -0.3 is 15.4 Å². The van der Waals surface area contributed by atoms with Crippen molar-refractivity contribution < 1.29 is 22.3 Å². The van der Waals surface area contributed by atoms with E-state index in [-0.39, 0.29) is 18.4 Å². The molecule has 2 aromatic carbocycles. The molecule has 2 aliphatic rings. The molecule has 0 bridgehead atoms. The average Bonchev–Trinajstić information content (AvgIpc) is 2.82. The first-order valence-electron chi connectivity index (χ1n) is 11.8. The van der Waals surface area contributed by atoms with Gasteiger partial charge in [0.2, 0.25) is 5.91 Å². The van der Waals surface area contributed by atoms with Crippen LogP contribution in [0.2, 0.25) is 0 Å². The van der Waals surface area contributed by atoms with Gasteiger partial charge in [-0.15, -0.1) is 0 Å². The molecular weight excluding hydrogens is 455 g/mol. The van der Waals surface area contributed by atoms with E-state index in [1.165, 1.54) is 13.0 Å². The van der Waals surface area contributed by atoms with Crippen LogP contribution in [0.1, 0.15) is 48.6 Å². The van der Waals surface area contributed by atoms with Crippen LogP contribution >= 0.6 is 0 Å². The topological polar surface area (TPSA) is 84.5 Å². The van der Waals surface area contributed by atoms with Gasteiger partial charge in [0, 0.05) is 44.7 Å². The molecule has 1 unspecified atom stereocenters. The molecule has 8 heteroatoms. The van der Waals surface area contributed by atoms with Gasteiger partial charge in [-0.2, -0.15) is 0 Å². The molecule has 0 aliphatic carbocycles. The minimum atomic E-state index is -3.54. The second-order valence-electron chi connectivity index (χ2n) is 9.54. The van der Waals surface area contributed by atoms with Crippen LogP contribution in [0.3, 0.4) is 0 Å². The van der Waals surface area contributed by atoms with E-state index in [2.05, 4.69) is 10.6 Å². The Balaban J connectivity index is 1.59. The SMILES string of the molecule is CC(=O)NCC1(c2ccc(CC3[C@H](C)NC[C@@H](c4ccccc4)S3(=O)=O)c(F)c2)CCOCC1. The van der Waals surface area contributed by atoms with E-state index in [1.807, 2.05) is 43.3 Å². The van der Waals surface area contributed by atoms with Gasteiger partial charge in [-0.05, 0) is 48.9 Å². The fraction of sp³-hybridized carbons (Fsp3) is 0.500. The lowest BCUT2D eigenvalue weighted by Gasteiger charge is -2.38. The number of carbonyl (C=O) groups is 1. The van der Waals surface area contributed by atoms with Crippen LogP contribution in [-0.4, -0.2) is 51.9 Å². The quantitative estimate of drug-likeness (QED) is 0.653. The van der Waals surface area contributed by atoms with E-state index in [4.69, 9.17) is 4.74 Å². The highest BCUT2D eigenvalue weighted by Gasteiger charge is 2.43. The Labute approximate surface area is 201 Å². The third-order valence-corrected chi connectivity index (χ3v) is 10.0. The van der Waals surface area contributed by atoms with Crippen LogP contribution in [0, 0.1) is 5.82 Å².